The number of carbonyl (C=O) groups excluding carboxylic acids is 1. The zero-order valence-corrected chi connectivity index (χ0v) is 17.0. The highest BCUT2D eigenvalue weighted by molar-refractivity contribution is 5.93. The zero-order valence-electron chi connectivity index (χ0n) is 17.0. The number of hydrogen-bond acceptors (Lipinski definition) is 6. The van der Waals surface area contributed by atoms with Crippen LogP contribution < -0.4 is 16.1 Å². The van der Waals surface area contributed by atoms with Gasteiger partial charge in [-0.15, -0.1) is 0 Å². The highest BCUT2D eigenvalue weighted by Gasteiger charge is 2.31. The molecule has 2 aromatic heterocycles. The predicted octanol–water partition coefficient (Wildman–Crippen LogP) is 2.39. The molecule has 28 heavy (non-hydrogen) atoms. The second-order valence-electron chi connectivity index (χ2n) is 8.30. The first-order valence-electron chi connectivity index (χ1n) is 9.50. The Balaban J connectivity index is 2.29. The molecular formula is C20H27FN4O3. The molecule has 7 nitrogen and oxygen atoms in total. The summed E-state index contributed by atoms with van der Waals surface area (Å²) in [4.78, 5) is 31.5. The van der Waals surface area contributed by atoms with E-state index >= 15 is 0 Å². The lowest BCUT2D eigenvalue weighted by Crippen LogP contribution is -2.32. The van der Waals surface area contributed by atoms with Crippen molar-refractivity contribution in [3.8, 4) is 0 Å². The van der Waals surface area contributed by atoms with Crippen LogP contribution in [0.15, 0.2) is 17.1 Å². The molecule has 8 heteroatoms. The summed E-state index contributed by atoms with van der Waals surface area (Å²) < 4.78 is 21.7. The van der Waals surface area contributed by atoms with E-state index < -0.39 is 22.8 Å². The molecule has 1 aliphatic heterocycles. The van der Waals surface area contributed by atoms with Gasteiger partial charge in [0.2, 0.25) is 5.43 Å². The van der Waals surface area contributed by atoms with Crippen LogP contribution in [-0.2, 0) is 10.3 Å². The van der Waals surface area contributed by atoms with Crippen molar-refractivity contribution in [3.05, 3.63) is 33.9 Å². The van der Waals surface area contributed by atoms with E-state index in [9.17, 15) is 14.0 Å². The van der Waals surface area contributed by atoms with E-state index in [0.29, 0.717) is 12.2 Å². The first-order valence-corrected chi connectivity index (χ1v) is 9.50. The summed E-state index contributed by atoms with van der Waals surface area (Å²) in [7, 11) is 0. The third kappa shape index (κ3) is 3.48. The third-order valence-electron chi connectivity index (χ3n) is 5.01. The molecule has 3 heterocycles. The van der Waals surface area contributed by atoms with Crippen molar-refractivity contribution in [1.82, 2.24) is 9.55 Å². The lowest BCUT2D eigenvalue weighted by molar-refractivity contribution is 0.0524. The van der Waals surface area contributed by atoms with Gasteiger partial charge in [0, 0.05) is 30.4 Å². The topological polar surface area (TPSA) is 90.5 Å². The van der Waals surface area contributed by atoms with Crippen LogP contribution in [-0.4, -0.2) is 40.8 Å². The summed E-state index contributed by atoms with van der Waals surface area (Å²) in [5, 5.41) is 0.0536. The van der Waals surface area contributed by atoms with Crippen LogP contribution in [0.4, 0.5) is 10.2 Å². The van der Waals surface area contributed by atoms with Gasteiger partial charge in [-0.05, 0) is 47.1 Å². The average molecular weight is 390 g/mol. The zero-order chi connectivity index (χ0) is 20.8. The van der Waals surface area contributed by atoms with Crippen LogP contribution in [0, 0.1) is 5.82 Å². The predicted molar refractivity (Wildman–Crippen MR) is 106 cm³/mol. The van der Waals surface area contributed by atoms with Gasteiger partial charge in [-0.1, -0.05) is 0 Å². The summed E-state index contributed by atoms with van der Waals surface area (Å²) in [6.45, 7) is 10.0. The lowest BCUT2D eigenvalue weighted by atomic mass is 10.1. The highest BCUT2D eigenvalue weighted by atomic mass is 19.1. The Morgan fingerprint density at radius 2 is 2.11 bits per heavy atom. The molecule has 0 bridgehead atoms. The second-order valence-corrected chi connectivity index (χ2v) is 8.30. The maximum Gasteiger partial charge on any atom is 0.343 e. The smallest absolute Gasteiger partial charge is 0.343 e. The molecule has 3 rings (SSSR count). The Bertz CT molecular complexity index is 980. The molecule has 152 valence electrons. The van der Waals surface area contributed by atoms with E-state index in [-0.39, 0.29) is 35.5 Å². The maximum absolute atomic E-state index is 15.0. The van der Waals surface area contributed by atoms with E-state index in [1.807, 2.05) is 32.6 Å². The van der Waals surface area contributed by atoms with Crippen LogP contribution >= 0.6 is 0 Å². The van der Waals surface area contributed by atoms with Crippen molar-refractivity contribution in [2.24, 2.45) is 5.73 Å². The summed E-state index contributed by atoms with van der Waals surface area (Å²) in [6, 6.07) is 1.16. The minimum atomic E-state index is -0.726. The van der Waals surface area contributed by atoms with Gasteiger partial charge in [0.1, 0.15) is 11.2 Å². The van der Waals surface area contributed by atoms with Crippen molar-refractivity contribution in [2.75, 3.05) is 18.1 Å². The molecule has 0 saturated carbocycles. The van der Waals surface area contributed by atoms with Crippen LogP contribution in [0.3, 0.4) is 0 Å². The minimum absolute atomic E-state index is 0.0445. The molecule has 1 saturated heterocycles. The number of ether oxygens (including phenoxy) is 1. The highest BCUT2D eigenvalue weighted by Crippen LogP contribution is 2.29. The fraction of sp³-hybridized carbons (Fsp3) is 0.550. The molecular weight excluding hydrogens is 363 g/mol. The number of fused-ring (bicyclic) bond motifs is 1. The Morgan fingerprint density at radius 3 is 2.64 bits per heavy atom. The molecule has 2 N–H and O–H groups in total. The van der Waals surface area contributed by atoms with Gasteiger partial charge in [0.25, 0.3) is 0 Å². The van der Waals surface area contributed by atoms with Crippen LogP contribution in [0.2, 0.25) is 0 Å². The fourth-order valence-corrected chi connectivity index (χ4v) is 3.65. The fourth-order valence-electron chi connectivity index (χ4n) is 3.65. The lowest BCUT2D eigenvalue weighted by Gasteiger charge is -2.28. The summed E-state index contributed by atoms with van der Waals surface area (Å²) in [5.74, 6) is -1.16. The number of nitrogens with zero attached hydrogens (tertiary/aromatic N) is 3. The molecule has 0 aliphatic carbocycles. The number of anilines is 1. The van der Waals surface area contributed by atoms with Crippen molar-refractivity contribution in [3.63, 3.8) is 0 Å². The molecule has 0 radical (unpaired) electrons. The Kier molecular flexibility index (Phi) is 5.18. The van der Waals surface area contributed by atoms with Crippen LogP contribution in [0.5, 0.6) is 0 Å². The Hall–Kier alpha value is -2.48. The number of rotatable bonds is 3. The molecule has 0 amide bonds. The van der Waals surface area contributed by atoms with Gasteiger partial charge in [0.05, 0.1) is 12.0 Å². The summed E-state index contributed by atoms with van der Waals surface area (Å²) in [5.41, 5.74) is 5.14. The number of nitrogens with two attached hydrogens (primary N) is 1. The first kappa shape index (κ1) is 20.3. The quantitative estimate of drug-likeness (QED) is 0.810. The van der Waals surface area contributed by atoms with Crippen molar-refractivity contribution >= 4 is 22.8 Å². The van der Waals surface area contributed by atoms with E-state index in [4.69, 9.17) is 10.5 Å². The third-order valence-corrected chi connectivity index (χ3v) is 5.01. The van der Waals surface area contributed by atoms with Crippen molar-refractivity contribution < 1.29 is 13.9 Å². The van der Waals surface area contributed by atoms with Gasteiger partial charge in [-0.3, -0.25) is 4.79 Å². The minimum Gasteiger partial charge on any atom is -0.462 e. The average Bonchev–Trinajstić information content (AvgIpc) is 2.92. The number of pyridine rings is 2. The molecule has 0 spiro atoms. The summed E-state index contributed by atoms with van der Waals surface area (Å²) >= 11 is 0. The van der Waals surface area contributed by atoms with Crippen molar-refractivity contribution in [1.29, 1.82) is 0 Å². The maximum atomic E-state index is 15.0. The van der Waals surface area contributed by atoms with E-state index in [0.717, 1.165) is 6.42 Å². The SMILES string of the molecule is CCOC(=O)c1cn(C(C)(C)C)c2nc(N3C[C@@H](N)C[C@@H]3C)c(F)cc2c1=O. The number of halogens is 1. The van der Waals surface area contributed by atoms with Crippen molar-refractivity contribution in [2.45, 2.75) is 58.7 Å². The monoisotopic (exact) mass is 390 g/mol. The van der Waals surface area contributed by atoms with E-state index in [1.54, 1.807) is 11.5 Å². The Labute approximate surface area is 163 Å². The van der Waals surface area contributed by atoms with Gasteiger partial charge >= 0.3 is 5.97 Å². The second kappa shape index (κ2) is 7.16. The largest absolute Gasteiger partial charge is 0.462 e. The number of hydrogen-bond donors (Lipinski definition) is 1. The molecule has 2 atom stereocenters. The standard InChI is InChI=1S/C20H27FN4O3/c1-6-28-19(27)14-10-25(20(3,4)5)17-13(16(14)26)8-15(21)18(23-17)24-9-12(22)7-11(24)2/h8,10-12H,6-7,9,22H2,1-5H3/t11-,12-/m0/s1. The molecule has 0 unspecified atom stereocenters. The number of carbonyl (C=O) groups is 1. The first-order chi connectivity index (χ1) is 13.0. The van der Waals surface area contributed by atoms with Gasteiger partial charge in [0.15, 0.2) is 11.6 Å². The summed E-state index contributed by atoms with van der Waals surface area (Å²) in [6.07, 6.45) is 2.20. The Morgan fingerprint density at radius 1 is 1.43 bits per heavy atom. The number of esters is 1. The normalized spacial score (nSPS) is 20.0. The van der Waals surface area contributed by atoms with E-state index in [1.165, 1.54) is 12.3 Å². The molecule has 2 aromatic rings. The van der Waals surface area contributed by atoms with Crippen LogP contribution in [0.1, 0.15) is 51.4 Å². The van der Waals surface area contributed by atoms with Crippen LogP contribution in [0.25, 0.3) is 11.0 Å². The molecule has 1 fully saturated rings. The van der Waals surface area contributed by atoms with E-state index in [2.05, 4.69) is 4.98 Å². The van der Waals surface area contributed by atoms with Gasteiger partial charge in [-0.2, -0.15) is 0 Å². The number of aromatic nitrogens is 2. The molecule has 1 aliphatic rings. The molecule has 0 aromatic carbocycles. The van der Waals surface area contributed by atoms with Gasteiger partial charge in [-0.25, -0.2) is 14.2 Å². The van der Waals surface area contributed by atoms with Gasteiger partial charge < -0.3 is 19.9 Å².